The lowest BCUT2D eigenvalue weighted by molar-refractivity contribution is 0.0693. The average molecular weight is 294 g/mol. The van der Waals surface area contributed by atoms with E-state index < -0.39 is 17.7 Å². The van der Waals surface area contributed by atoms with Crippen LogP contribution in [0.1, 0.15) is 38.1 Å². The van der Waals surface area contributed by atoms with Crippen LogP contribution in [0.3, 0.4) is 0 Å². The molecule has 0 saturated carbocycles. The third-order valence-corrected chi connectivity index (χ3v) is 3.56. The first kappa shape index (κ1) is 16.8. The lowest BCUT2D eigenvalue weighted by Gasteiger charge is -2.27. The van der Waals surface area contributed by atoms with Gasteiger partial charge < -0.3 is 20.8 Å². The molecule has 0 bridgehead atoms. The second-order valence-electron chi connectivity index (χ2n) is 6.11. The van der Waals surface area contributed by atoms with Crippen LogP contribution in [0.5, 0.6) is 5.75 Å². The van der Waals surface area contributed by atoms with Gasteiger partial charge in [0.2, 0.25) is 0 Å². The maximum atomic E-state index is 11.8. The van der Waals surface area contributed by atoms with Crippen molar-refractivity contribution in [1.82, 2.24) is 5.32 Å². The standard InChI is InChI=1S/C15H22N2O4/c1-9(15(2,3)4)8-16-14(21)17-11-7-5-6-10(12(11)18)13(19)20/h5-7,9,18H,8H2,1-4H3,(H,19,20)(H2,16,17,21). The summed E-state index contributed by atoms with van der Waals surface area (Å²) >= 11 is 0. The van der Waals surface area contributed by atoms with E-state index in [0.717, 1.165) is 0 Å². The van der Waals surface area contributed by atoms with Crippen molar-refractivity contribution in [2.45, 2.75) is 27.7 Å². The molecule has 1 unspecified atom stereocenters. The minimum absolute atomic E-state index is 0.0656. The minimum atomic E-state index is -1.25. The van der Waals surface area contributed by atoms with Gasteiger partial charge in [0, 0.05) is 6.54 Å². The molecule has 6 heteroatoms. The summed E-state index contributed by atoms with van der Waals surface area (Å²) in [5.41, 5.74) is -0.120. The molecule has 0 aromatic heterocycles. The molecule has 0 aliphatic carbocycles. The Kier molecular flexibility index (Phi) is 5.18. The number of carbonyl (C=O) groups is 2. The SMILES string of the molecule is CC(CNC(=O)Nc1cccc(C(=O)O)c1O)C(C)(C)C. The molecule has 0 saturated heterocycles. The highest BCUT2D eigenvalue weighted by Crippen LogP contribution is 2.27. The van der Waals surface area contributed by atoms with Gasteiger partial charge >= 0.3 is 12.0 Å². The first-order valence-corrected chi connectivity index (χ1v) is 6.73. The van der Waals surface area contributed by atoms with E-state index in [9.17, 15) is 14.7 Å². The zero-order valence-electron chi connectivity index (χ0n) is 12.7. The van der Waals surface area contributed by atoms with Crippen LogP contribution in [0.15, 0.2) is 18.2 Å². The van der Waals surface area contributed by atoms with Gasteiger partial charge in [0.1, 0.15) is 5.56 Å². The van der Waals surface area contributed by atoms with Gasteiger partial charge in [-0.3, -0.25) is 0 Å². The Bertz CT molecular complexity index is 535. The summed E-state index contributed by atoms with van der Waals surface area (Å²) in [6.07, 6.45) is 0. The number of carbonyl (C=O) groups excluding carboxylic acids is 1. The molecule has 4 N–H and O–H groups in total. The van der Waals surface area contributed by atoms with Crippen LogP contribution in [0.25, 0.3) is 0 Å². The van der Waals surface area contributed by atoms with Crippen LogP contribution >= 0.6 is 0 Å². The predicted octanol–water partition coefficient (Wildman–Crippen LogP) is 2.89. The minimum Gasteiger partial charge on any atom is -0.505 e. The Balaban J connectivity index is 2.68. The Labute approximate surface area is 124 Å². The summed E-state index contributed by atoms with van der Waals surface area (Å²) in [5.74, 6) is -1.44. The molecule has 0 spiro atoms. The number of amides is 2. The van der Waals surface area contributed by atoms with Crippen LogP contribution in [-0.2, 0) is 0 Å². The van der Waals surface area contributed by atoms with Crippen molar-refractivity contribution >= 4 is 17.7 Å². The maximum Gasteiger partial charge on any atom is 0.339 e. The van der Waals surface area contributed by atoms with Crippen LogP contribution in [0.2, 0.25) is 0 Å². The van der Waals surface area contributed by atoms with E-state index in [1.807, 2.05) is 6.92 Å². The number of carboxylic acid groups (broad SMARTS) is 1. The third-order valence-electron chi connectivity index (χ3n) is 3.56. The van der Waals surface area contributed by atoms with Crippen molar-refractivity contribution in [3.63, 3.8) is 0 Å². The molecule has 0 heterocycles. The number of urea groups is 1. The van der Waals surface area contributed by atoms with Crippen molar-refractivity contribution in [3.8, 4) is 5.75 Å². The number of anilines is 1. The number of rotatable bonds is 4. The molecule has 116 valence electrons. The molecule has 2 amide bonds. The van der Waals surface area contributed by atoms with Gasteiger partial charge in [0.05, 0.1) is 5.69 Å². The number of hydrogen-bond donors (Lipinski definition) is 4. The summed E-state index contributed by atoms with van der Waals surface area (Å²) in [7, 11) is 0. The van der Waals surface area contributed by atoms with Crippen molar-refractivity contribution in [3.05, 3.63) is 23.8 Å². The molecule has 6 nitrogen and oxygen atoms in total. The first-order chi connectivity index (χ1) is 9.62. The number of para-hydroxylation sites is 1. The number of phenols is 1. The highest BCUT2D eigenvalue weighted by Gasteiger charge is 2.20. The fraction of sp³-hybridized carbons (Fsp3) is 0.467. The molecule has 0 fully saturated rings. The van der Waals surface area contributed by atoms with Crippen LogP contribution in [0.4, 0.5) is 10.5 Å². The second-order valence-corrected chi connectivity index (χ2v) is 6.11. The normalized spacial score (nSPS) is 12.6. The summed E-state index contributed by atoms with van der Waals surface area (Å²) in [4.78, 5) is 22.7. The van der Waals surface area contributed by atoms with E-state index in [-0.39, 0.29) is 22.6 Å². The van der Waals surface area contributed by atoms with E-state index in [0.29, 0.717) is 6.54 Å². The smallest absolute Gasteiger partial charge is 0.339 e. The van der Waals surface area contributed by atoms with E-state index in [4.69, 9.17) is 5.11 Å². The Morgan fingerprint density at radius 1 is 1.29 bits per heavy atom. The monoisotopic (exact) mass is 294 g/mol. The van der Waals surface area contributed by atoms with Gasteiger partial charge in [0.25, 0.3) is 0 Å². The number of hydrogen-bond acceptors (Lipinski definition) is 3. The molecule has 0 radical (unpaired) electrons. The van der Waals surface area contributed by atoms with Crippen molar-refractivity contribution in [2.24, 2.45) is 11.3 Å². The summed E-state index contributed by atoms with van der Waals surface area (Å²) in [5, 5.41) is 23.8. The molecule has 0 aliphatic heterocycles. The summed E-state index contributed by atoms with van der Waals surface area (Å²) < 4.78 is 0. The third kappa shape index (κ3) is 4.66. The quantitative estimate of drug-likeness (QED) is 0.642. The number of aromatic hydroxyl groups is 1. The van der Waals surface area contributed by atoms with Gasteiger partial charge in [-0.25, -0.2) is 9.59 Å². The molecular weight excluding hydrogens is 272 g/mol. The van der Waals surface area contributed by atoms with Crippen LogP contribution < -0.4 is 10.6 Å². The summed E-state index contributed by atoms with van der Waals surface area (Å²) in [6.45, 7) is 8.76. The zero-order valence-corrected chi connectivity index (χ0v) is 12.7. The van der Waals surface area contributed by atoms with Crippen molar-refractivity contribution < 1.29 is 19.8 Å². The second kappa shape index (κ2) is 6.47. The zero-order chi connectivity index (χ0) is 16.2. The lowest BCUT2D eigenvalue weighted by Crippen LogP contribution is -2.36. The van der Waals surface area contributed by atoms with Crippen molar-refractivity contribution in [2.75, 3.05) is 11.9 Å². The van der Waals surface area contributed by atoms with E-state index in [1.54, 1.807) is 0 Å². The predicted molar refractivity (Wildman–Crippen MR) is 80.7 cm³/mol. The molecular formula is C15H22N2O4. The average Bonchev–Trinajstić information content (AvgIpc) is 2.36. The van der Waals surface area contributed by atoms with Crippen LogP contribution in [-0.4, -0.2) is 28.8 Å². The highest BCUT2D eigenvalue weighted by atomic mass is 16.4. The number of nitrogens with one attached hydrogen (secondary N) is 2. The molecule has 1 aromatic rings. The number of benzene rings is 1. The molecule has 21 heavy (non-hydrogen) atoms. The fourth-order valence-corrected chi connectivity index (χ4v) is 1.54. The van der Waals surface area contributed by atoms with Gasteiger partial charge in [-0.05, 0) is 23.5 Å². The Morgan fingerprint density at radius 3 is 2.43 bits per heavy atom. The number of carboxylic acids is 1. The maximum absolute atomic E-state index is 11.8. The highest BCUT2D eigenvalue weighted by molar-refractivity contribution is 5.97. The molecule has 1 aromatic carbocycles. The largest absolute Gasteiger partial charge is 0.505 e. The number of aromatic carboxylic acids is 1. The molecule has 1 atom stereocenters. The molecule has 0 aliphatic rings. The van der Waals surface area contributed by atoms with Gasteiger partial charge in [-0.2, -0.15) is 0 Å². The Morgan fingerprint density at radius 2 is 1.90 bits per heavy atom. The fourth-order valence-electron chi connectivity index (χ4n) is 1.54. The first-order valence-electron chi connectivity index (χ1n) is 6.73. The Hall–Kier alpha value is -2.24. The topological polar surface area (TPSA) is 98.7 Å². The van der Waals surface area contributed by atoms with E-state index in [2.05, 4.69) is 31.4 Å². The van der Waals surface area contributed by atoms with Gasteiger partial charge in [-0.1, -0.05) is 33.8 Å². The van der Waals surface area contributed by atoms with Crippen molar-refractivity contribution in [1.29, 1.82) is 0 Å². The summed E-state index contributed by atoms with van der Waals surface area (Å²) in [6, 6.07) is 3.68. The molecule has 1 rings (SSSR count). The van der Waals surface area contributed by atoms with Crippen LogP contribution in [0, 0.1) is 11.3 Å². The van der Waals surface area contributed by atoms with Gasteiger partial charge in [0.15, 0.2) is 5.75 Å². The van der Waals surface area contributed by atoms with E-state index >= 15 is 0 Å². The van der Waals surface area contributed by atoms with E-state index in [1.165, 1.54) is 18.2 Å². The lowest BCUT2D eigenvalue weighted by atomic mass is 9.82. The van der Waals surface area contributed by atoms with Gasteiger partial charge in [-0.15, -0.1) is 0 Å².